The van der Waals surface area contributed by atoms with Crippen LogP contribution in [0.1, 0.15) is 25.3 Å². The predicted molar refractivity (Wildman–Crippen MR) is 88.2 cm³/mol. The van der Waals surface area contributed by atoms with E-state index in [2.05, 4.69) is 10.3 Å². The van der Waals surface area contributed by atoms with Crippen molar-refractivity contribution in [3.8, 4) is 6.07 Å². The molecule has 0 aromatic carbocycles. The van der Waals surface area contributed by atoms with E-state index >= 15 is 0 Å². The van der Waals surface area contributed by atoms with Gasteiger partial charge in [-0.2, -0.15) is 18.4 Å². The first-order chi connectivity index (χ1) is 12.2. The van der Waals surface area contributed by atoms with E-state index in [1.807, 2.05) is 11.0 Å². The number of rotatable bonds is 5. The first-order valence-corrected chi connectivity index (χ1v) is 8.19. The highest BCUT2D eigenvalue weighted by Gasteiger charge is 2.33. The van der Waals surface area contributed by atoms with Gasteiger partial charge >= 0.3 is 6.18 Å². The molecule has 0 bridgehead atoms. The van der Waals surface area contributed by atoms with Crippen molar-refractivity contribution < 1.29 is 22.7 Å². The second-order valence-corrected chi connectivity index (χ2v) is 6.53. The molecule has 1 saturated heterocycles. The van der Waals surface area contributed by atoms with Crippen molar-refractivity contribution in [3.63, 3.8) is 0 Å². The second-order valence-electron chi connectivity index (χ2n) is 6.53. The highest BCUT2D eigenvalue weighted by Crippen LogP contribution is 2.30. The Balaban J connectivity index is 1.92. The first kappa shape index (κ1) is 20.0. The molecule has 1 fully saturated rings. The minimum Gasteiger partial charge on any atom is -0.381 e. The van der Waals surface area contributed by atoms with Gasteiger partial charge in [0.05, 0.1) is 18.2 Å². The zero-order valence-electron chi connectivity index (χ0n) is 14.6. The lowest BCUT2D eigenvalue weighted by molar-refractivity contribution is -0.137. The van der Waals surface area contributed by atoms with Gasteiger partial charge in [-0.25, -0.2) is 4.98 Å². The summed E-state index contributed by atoms with van der Waals surface area (Å²) >= 11 is 0. The van der Waals surface area contributed by atoms with Crippen LogP contribution in [-0.4, -0.2) is 43.2 Å². The summed E-state index contributed by atoms with van der Waals surface area (Å²) in [5, 5.41) is 11.9. The van der Waals surface area contributed by atoms with E-state index in [0.717, 1.165) is 12.3 Å². The van der Waals surface area contributed by atoms with Crippen LogP contribution in [0.3, 0.4) is 0 Å². The standard InChI is InChI=1S/C17H21F3N4O2/c1-16(10-21,11-26-2)23-15(25)12-5-7-24(8-6-12)14-4-3-13(9-22-14)17(18,19)20/h3-4,9,12H,5-8,11H2,1-2H3,(H,23,25). The number of hydrogen-bond acceptors (Lipinski definition) is 5. The Morgan fingerprint density at radius 3 is 2.54 bits per heavy atom. The summed E-state index contributed by atoms with van der Waals surface area (Å²) in [6, 6.07) is 4.38. The number of anilines is 1. The molecule has 0 radical (unpaired) electrons. The van der Waals surface area contributed by atoms with E-state index in [1.165, 1.54) is 13.2 Å². The van der Waals surface area contributed by atoms with Crippen LogP contribution >= 0.6 is 0 Å². The highest BCUT2D eigenvalue weighted by molar-refractivity contribution is 5.80. The maximum absolute atomic E-state index is 12.6. The molecular weight excluding hydrogens is 349 g/mol. The SMILES string of the molecule is COCC(C)(C#N)NC(=O)C1CCN(c2ccc(C(F)(F)F)cn2)CC1. The zero-order valence-corrected chi connectivity index (χ0v) is 14.6. The summed E-state index contributed by atoms with van der Waals surface area (Å²) in [4.78, 5) is 18.1. The van der Waals surface area contributed by atoms with Crippen molar-refractivity contribution in [2.75, 3.05) is 31.7 Å². The molecule has 9 heteroatoms. The summed E-state index contributed by atoms with van der Waals surface area (Å²) < 4.78 is 42.7. The molecule has 0 spiro atoms. The number of ether oxygens (including phenoxy) is 1. The molecule has 1 aromatic rings. The molecule has 0 aliphatic carbocycles. The number of alkyl halides is 3. The van der Waals surface area contributed by atoms with Gasteiger partial charge in [-0.3, -0.25) is 4.79 Å². The molecule has 1 aromatic heterocycles. The quantitative estimate of drug-likeness (QED) is 0.861. The van der Waals surface area contributed by atoms with Crippen molar-refractivity contribution in [3.05, 3.63) is 23.9 Å². The number of piperidine rings is 1. The predicted octanol–water partition coefficient (Wildman–Crippen LogP) is 2.36. The fraction of sp³-hybridized carbons (Fsp3) is 0.588. The smallest absolute Gasteiger partial charge is 0.381 e. The third-order valence-corrected chi connectivity index (χ3v) is 4.34. The maximum atomic E-state index is 12.6. The van der Waals surface area contributed by atoms with Gasteiger partial charge in [0.2, 0.25) is 5.91 Å². The molecule has 1 aliphatic heterocycles. The van der Waals surface area contributed by atoms with Crippen molar-refractivity contribution in [1.82, 2.24) is 10.3 Å². The average Bonchev–Trinajstić information content (AvgIpc) is 2.61. The van der Waals surface area contributed by atoms with Gasteiger partial charge in [0.1, 0.15) is 11.4 Å². The first-order valence-electron chi connectivity index (χ1n) is 8.19. The number of carbonyl (C=O) groups is 1. The molecule has 6 nitrogen and oxygen atoms in total. The number of aromatic nitrogens is 1. The Bertz CT molecular complexity index is 664. The van der Waals surface area contributed by atoms with E-state index < -0.39 is 17.3 Å². The number of methoxy groups -OCH3 is 1. The minimum absolute atomic E-state index is 0.0869. The van der Waals surface area contributed by atoms with E-state index in [-0.39, 0.29) is 18.4 Å². The van der Waals surface area contributed by atoms with Crippen LogP contribution in [0, 0.1) is 17.2 Å². The van der Waals surface area contributed by atoms with Gasteiger partial charge in [-0.1, -0.05) is 0 Å². The lowest BCUT2D eigenvalue weighted by Crippen LogP contribution is -2.51. The van der Waals surface area contributed by atoms with Crippen LogP contribution in [-0.2, 0) is 15.7 Å². The summed E-state index contributed by atoms with van der Waals surface area (Å²) in [5.41, 5.74) is -1.87. The number of nitrogens with zero attached hydrogens (tertiary/aromatic N) is 3. The van der Waals surface area contributed by atoms with Gasteiger partial charge in [-0.05, 0) is 31.9 Å². The van der Waals surface area contributed by atoms with Crippen molar-refractivity contribution in [2.24, 2.45) is 5.92 Å². The van der Waals surface area contributed by atoms with Crippen LogP contribution in [0.15, 0.2) is 18.3 Å². The van der Waals surface area contributed by atoms with Crippen LogP contribution in [0.5, 0.6) is 0 Å². The van der Waals surface area contributed by atoms with E-state index in [1.54, 1.807) is 6.92 Å². The van der Waals surface area contributed by atoms with Crippen LogP contribution in [0.2, 0.25) is 0 Å². The molecule has 142 valence electrons. The van der Waals surface area contributed by atoms with Crippen LogP contribution < -0.4 is 10.2 Å². The largest absolute Gasteiger partial charge is 0.417 e. The fourth-order valence-electron chi connectivity index (χ4n) is 2.87. The number of hydrogen-bond donors (Lipinski definition) is 1. The minimum atomic E-state index is -4.41. The summed E-state index contributed by atoms with van der Waals surface area (Å²) in [7, 11) is 1.46. The Morgan fingerprint density at radius 1 is 1.42 bits per heavy atom. The normalized spacial score (nSPS) is 18.1. The van der Waals surface area contributed by atoms with Gasteiger partial charge < -0.3 is 15.0 Å². The van der Waals surface area contributed by atoms with Gasteiger partial charge in [0, 0.05) is 32.3 Å². The number of nitriles is 1. The monoisotopic (exact) mass is 370 g/mol. The van der Waals surface area contributed by atoms with Crippen LogP contribution in [0.25, 0.3) is 0 Å². The van der Waals surface area contributed by atoms with E-state index in [4.69, 9.17) is 4.74 Å². The molecule has 2 heterocycles. The number of amides is 1. The van der Waals surface area contributed by atoms with Crippen molar-refractivity contribution in [1.29, 1.82) is 5.26 Å². The van der Waals surface area contributed by atoms with E-state index in [0.29, 0.717) is 31.7 Å². The third kappa shape index (κ3) is 4.85. The number of pyridine rings is 1. The van der Waals surface area contributed by atoms with Crippen molar-refractivity contribution >= 4 is 11.7 Å². The Hall–Kier alpha value is -2.34. The molecule has 2 rings (SSSR count). The van der Waals surface area contributed by atoms with Gasteiger partial charge in [0.25, 0.3) is 0 Å². The number of carbonyl (C=O) groups excluding carboxylic acids is 1. The lowest BCUT2D eigenvalue weighted by Gasteiger charge is -2.33. The third-order valence-electron chi connectivity index (χ3n) is 4.34. The van der Waals surface area contributed by atoms with Gasteiger partial charge in [-0.15, -0.1) is 0 Å². The molecule has 1 N–H and O–H groups in total. The molecule has 1 aliphatic rings. The summed E-state index contributed by atoms with van der Waals surface area (Å²) in [6.07, 6.45) is -2.53. The van der Waals surface area contributed by atoms with Crippen LogP contribution in [0.4, 0.5) is 19.0 Å². The molecule has 0 saturated carbocycles. The summed E-state index contributed by atoms with van der Waals surface area (Å²) in [6.45, 7) is 2.69. The molecular formula is C17H21F3N4O2. The second kappa shape index (κ2) is 7.91. The Morgan fingerprint density at radius 2 is 2.08 bits per heavy atom. The number of nitrogens with one attached hydrogen (secondary N) is 1. The van der Waals surface area contributed by atoms with Crippen molar-refractivity contribution in [2.45, 2.75) is 31.5 Å². The molecule has 1 unspecified atom stereocenters. The maximum Gasteiger partial charge on any atom is 0.417 e. The fourth-order valence-corrected chi connectivity index (χ4v) is 2.87. The average molecular weight is 370 g/mol. The molecule has 1 amide bonds. The zero-order chi connectivity index (χ0) is 19.4. The lowest BCUT2D eigenvalue weighted by atomic mass is 9.94. The van der Waals surface area contributed by atoms with E-state index in [9.17, 15) is 23.2 Å². The Kier molecular flexibility index (Phi) is 6.08. The molecule has 26 heavy (non-hydrogen) atoms. The molecule has 1 atom stereocenters. The number of halogens is 3. The topological polar surface area (TPSA) is 78.2 Å². The highest BCUT2D eigenvalue weighted by atomic mass is 19.4. The van der Waals surface area contributed by atoms with Gasteiger partial charge in [0.15, 0.2) is 0 Å². The summed E-state index contributed by atoms with van der Waals surface area (Å²) in [5.74, 6) is -0.0190. The Labute approximate surface area is 149 Å².